The molecule has 0 saturated heterocycles. The molecule has 2 rings (SSSR count). The number of nitrogens with one attached hydrogen (secondary N) is 2. The topological polar surface area (TPSA) is 83.5 Å². The Morgan fingerprint density at radius 1 is 1.29 bits per heavy atom. The normalized spacial score (nSPS) is 11.5. The van der Waals surface area contributed by atoms with E-state index in [9.17, 15) is 9.90 Å². The predicted octanol–water partition coefficient (Wildman–Crippen LogP) is 1.95. The minimum Gasteiger partial charge on any atom is -0.481 e. The van der Waals surface area contributed by atoms with Gasteiger partial charge in [-0.3, -0.25) is 0 Å². The number of carbonyl (C=O) groups excluding carboxylic acids is 1. The Labute approximate surface area is 122 Å². The summed E-state index contributed by atoms with van der Waals surface area (Å²) in [6.07, 6.45) is 1.49. The van der Waals surface area contributed by atoms with Gasteiger partial charge in [0.05, 0.1) is 31.6 Å². The third-order valence-corrected chi connectivity index (χ3v) is 2.89. The maximum atomic E-state index is 11.9. The fraction of sp³-hybridized carbons (Fsp3) is 0.200. The molecule has 0 aliphatic heterocycles. The number of anilines is 1. The molecule has 1 aromatic carbocycles. The van der Waals surface area contributed by atoms with Crippen LogP contribution in [-0.4, -0.2) is 29.8 Å². The van der Waals surface area contributed by atoms with Crippen LogP contribution in [0.1, 0.15) is 11.6 Å². The Balaban J connectivity index is 1.96. The molecule has 6 heteroatoms. The van der Waals surface area contributed by atoms with Crippen LogP contribution in [0, 0.1) is 0 Å². The lowest BCUT2D eigenvalue weighted by molar-refractivity contribution is 0.225. The molecule has 1 aromatic heterocycles. The van der Waals surface area contributed by atoms with Gasteiger partial charge in [-0.1, -0.05) is 30.3 Å². The molecule has 0 bridgehead atoms. The minimum atomic E-state index is -0.461. The second-order valence-corrected chi connectivity index (χ2v) is 4.33. The molecular weight excluding hydrogens is 270 g/mol. The lowest BCUT2D eigenvalue weighted by atomic mass is 10.1. The Kier molecular flexibility index (Phi) is 5.11. The number of ether oxygens (including phenoxy) is 1. The summed E-state index contributed by atoms with van der Waals surface area (Å²) in [5.41, 5.74) is 1.38. The van der Waals surface area contributed by atoms with Crippen molar-refractivity contribution in [2.75, 3.05) is 19.0 Å². The number of urea groups is 1. The summed E-state index contributed by atoms with van der Waals surface area (Å²) in [6, 6.07) is 11.7. The van der Waals surface area contributed by atoms with Gasteiger partial charge in [0.25, 0.3) is 0 Å². The van der Waals surface area contributed by atoms with E-state index in [0.717, 1.165) is 5.56 Å². The molecule has 1 heterocycles. The van der Waals surface area contributed by atoms with Crippen molar-refractivity contribution in [3.8, 4) is 5.88 Å². The molecule has 1 atom stereocenters. The van der Waals surface area contributed by atoms with E-state index in [1.807, 2.05) is 30.3 Å². The van der Waals surface area contributed by atoms with Crippen molar-refractivity contribution < 1.29 is 14.6 Å². The lowest BCUT2D eigenvalue weighted by Crippen LogP contribution is -2.34. The molecular formula is C15H17N3O3. The zero-order valence-electron chi connectivity index (χ0n) is 11.6. The molecule has 0 aliphatic rings. The summed E-state index contributed by atoms with van der Waals surface area (Å²) < 4.78 is 4.94. The van der Waals surface area contributed by atoms with Crippen LogP contribution in [-0.2, 0) is 0 Å². The number of hydrogen-bond acceptors (Lipinski definition) is 4. The monoisotopic (exact) mass is 287 g/mol. The molecule has 0 spiro atoms. The molecule has 3 N–H and O–H groups in total. The number of benzene rings is 1. The minimum absolute atomic E-state index is 0.182. The standard InChI is InChI=1S/C15H17N3O3/c1-21-14-8-7-12(9-16-14)17-15(20)18-13(10-19)11-5-3-2-4-6-11/h2-9,13,19H,10H2,1H3,(H2,17,18,20)/t13-/m1/s1. The van der Waals surface area contributed by atoms with E-state index in [1.165, 1.54) is 13.3 Å². The Bertz CT molecular complexity index is 572. The number of rotatable bonds is 5. The summed E-state index contributed by atoms with van der Waals surface area (Å²) in [5, 5.41) is 14.7. The van der Waals surface area contributed by atoms with Gasteiger partial charge in [-0.25, -0.2) is 9.78 Å². The quantitative estimate of drug-likeness (QED) is 0.785. The van der Waals surface area contributed by atoms with Crippen molar-refractivity contribution in [3.05, 3.63) is 54.2 Å². The van der Waals surface area contributed by atoms with Crippen molar-refractivity contribution in [1.29, 1.82) is 0 Å². The van der Waals surface area contributed by atoms with Gasteiger partial charge in [0.1, 0.15) is 0 Å². The molecule has 0 radical (unpaired) electrons. The third-order valence-electron chi connectivity index (χ3n) is 2.89. The zero-order valence-corrected chi connectivity index (χ0v) is 11.6. The van der Waals surface area contributed by atoms with E-state index >= 15 is 0 Å². The highest BCUT2D eigenvalue weighted by atomic mass is 16.5. The Hall–Kier alpha value is -2.60. The van der Waals surface area contributed by atoms with Gasteiger partial charge in [-0.2, -0.15) is 0 Å². The number of aliphatic hydroxyl groups is 1. The first-order valence-electron chi connectivity index (χ1n) is 6.46. The Morgan fingerprint density at radius 3 is 2.62 bits per heavy atom. The van der Waals surface area contributed by atoms with Gasteiger partial charge in [0, 0.05) is 6.07 Å². The van der Waals surface area contributed by atoms with Gasteiger partial charge in [-0.15, -0.1) is 0 Å². The number of amides is 2. The van der Waals surface area contributed by atoms with Crippen LogP contribution in [0.15, 0.2) is 48.7 Å². The number of methoxy groups -OCH3 is 1. The van der Waals surface area contributed by atoms with Gasteiger partial charge >= 0.3 is 6.03 Å². The molecule has 2 amide bonds. The maximum absolute atomic E-state index is 11.9. The zero-order chi connectivity index (χ0) is 15.1. The first-order valence-corrected chi connectivity index (χ1v) is 6.46. The van der Waals surface area contributed by atoms with E-state index in [2.05, 4.69) is 15.6 Å². The number of carbonyl (C=O) groups is 1. The molecule has 0 saturated carbocycles. The van der Waals surface area contributed by atoms with Crippen LogP contribution < -0.4 is 15.4 Å². The van der Waals surface area contributed by atoms with Crippen LogP contribution in [0.5, 0.6) is 5.88 Å². The van der Waals surface area contributed by atoms with Crippen molar-refractivity contribution in [3.63, 3.8) is 0 Å². The van der Waals surface area contributed by atoms with Crippen LogP contribution in [0.3, 0.4) is 0 Å². The van der Waals surface area contributed by atoms with Gasteiger partial charge in [-0.05, 0) is 11.6 Å². The summed E-state index contributed by atoms with van der Waals surface area (Å²) in [6.45, 7) is -0.182. The smallest absolute Gasteiger partial charge is 0.319 e. The van der Waals surface area contributed by atoms with Crippen molar-refractivity contribution in [1.82, 2.24) is 10.3 Å². The van der Waals surface area contributed by atoms with Crippen LogP contribution >= 0.6 is 0 Å². The molecule has 0 aliphatic carbocycles. The second kappa shape index (κ2) is 7.25. The third kappa shape index (κ3) is 4.19. The Morgan fingerprint density at radius 2 is 2.05 bits per heavy atom. The summed E-state index contributed by atoms with van der Waals surface area (Å²) in [5.74, 6) is 0.471. The number of hydrogen-bond donors (Lipinski definition) is 3. The fourth-order valence-corrected chi connectivity index (χ4v) is 1.82. The van der Waals surface area contributed by atoms with Crippen molar-refractivity contribution in [2.45, 2.75) is 6.04 Å². The van der Waals surface area contributed by atoms with Crippen LogP contribution in [0.4, 0.5) is 10.5 Å². The predicted molar refractivity (Wildman–Crippen MR) is 79.2 cm³/mol. The lowest BCUT2D eigenvalue weighted by Gasteiger charge is -2.17. The van der Waals surface area contributed by atoms with E-state index in [1.54, 1.807) is 12.1 Å². The summed E-state index contributed by atoms with van der Waals surface area (Å²) >= 11 is 0. The fourth-order valence-electron chi connectivity index (χ4n) is 1.82. The molecule has 0 fully saturated rings. The summed E-state index contributed by atoms with van der Waals surface area (Å²) in [7, 11) is 1.52. The maximum Gasteiger partial charge on any atom is 0.319 e. The number of aromatic nitrogens is 1. The molecule has 110 valence electrons. The van der Waals surface area contributed by atoms with E-state index in [4.69, 9.17) is 4.74 Å². The molecule has 0 unspecified atom stereocenters. The summed E-state index contributed by atoms with van der Waals surface area (Å²) in [4.78, 5) is 15.9. The van der Waals surface area contributed by atoms with Crippen LogP contribution in [0.2, 0.25) is 0 Å². The first-order chi connectivity index (χ1) is 10.2. The van der Waals surface area contributed by atoms with Crippen molar-refractivity contribution in [2.24, 2.45) is 0 Å². The average Bonchev–Trinajstić information content (AvgIpc) is 2.54. The second-order valence-electron chi connectivity index (χ2n) is 4.33. The number of nitrogens with zero attached hydrogens (tertiary/aromatic N) is 1. The SMILES string of the molecule is COc1ccc(NC(=O)N[C@H](CO)c2ccccc2)cn1. The van der Waals surface area contributed by atoms with Crippen LogP contribution in [0.25, 0.3) is 0 Å². The van der Waals surface area contributed by atoms with Gasteiger partial charge < -0.3 is 20.5 Å². The first kappa shape index (κ1) is 14.8. The van der Waals surface area contributed by atoms with Gasteiger partial charge in [0.15, 0.2) is 0 Å². The van der Waals surface area contributed by atoms with E-state index in [0.29, 0.717) is 11.6 Å². The number of pyridine rings is 1. The highest BCUT2D eigenvalue weighted by Crippen LogP contribution is 2.13. The highest BCUT2D eigenvalue weighted by Gasteiger charge is 2.13. The van der Waals surface area contributed by atoms with Gasteiger partial charge in [0.2, 0.25) is 5.88 Å². The van der Waals surface area contributed by atoms with E-state index in [-0.39, 0.29) is 6.61 Å². The van der Waals surface area contributed by atoms with Crippen molar-refractivity contribution >= 4 is 11.7 Å². The largest absolute Gasteiger partial charge is 0.481 e. The molecule has 2 aromatic rings. The molecule has 21 heavy (non-hydrogen) atoms. The average molecular weight is 287 g/mol. The van der Waals surface area contributed by atoms with E-state index < -0.39 is 12.1 Å². The molecule has 6 nitrogen and oxygen atoms in total. The number of aliphatic hydroxyl groups excluding tert-OH is 1. The highest BCUT2D eigenvalue weighted by molar-refractivity contribution is 5.89.